The van der Waals surface area contributed by atoms with Crippen LogP contribution in [0.25, 0.3) is 0 Å². The molecular weight excluding hydrogens is 282 g/mol. The van der Waals surface area contributed by atoms with E-state index in [0.717, 1.165) is 42.9 Å². The number of nitrogens with two attached hydrogens (primary N) is 1. The van der Waals surface area contributed by atoms with E-state index in [2.05, 4.69) is 21.2 Å². The van der Waals surface area contributed by atoms with Crippen molar-refractivity contribution < 1.29 is 14.8 Å². The molecule has 0 aliphatic heterocycles. The standard InChI is InChI=1S/C13H20BrNO2/c1-16-10-8-15-7-2-3-9-17-13-6-4-5-12(14)11-13/h4-6,11,15H,2-3,7-10H2,1H3/p+1. The lowest BCUT2D eigenvalue weighted by atomic mass is 10.3. The van der Waals surface area contributed by atoms with Crippen LogP contribution >= 0.6 is 15.9 Å². The summed E-state index contributed by atoms with van der Waals surface area (Å²) in [4.78, 5) is 0. The third kappa shape index (κ3) is 7.36. The average molecular weight is 303 g/mol. The zero-order valence-electron chi connectivity index (χ0n) is 10.3. The van der Waals surface area contributed by atoms with Gasteiger partial charge in [-0.15, -0.1) is 0 Å². The number of hydrogen-bond acceptors (Lipinski definition) is 2. The highest BCUT2D eigenvalue weighted by molar-refractivity contribution is 9.10. The molecule has 1 aromatic carbocycles. The Kier molecular flexibility index (Phi) is 8.05. The van der Waals surface area contributed by atoms with Crippen LogP contribution in [-0.2, 0) is 4.74 Å². The molecule has 0 aliphatic carbocycles. The van der Waals surface area contributed by atoms with E-state index in [9.17, 15) is 0 Å². The van der Waals surface area contributed by atoms with Gasteiger partial charge in [-0.25, -0.2) is 0 Å². The average Bonchev–Trinajstić information content (AvgIpc) is 2.33. The Balaban J connectivity index is 1.97. The van der Waals surface area contributed by atoms with Gasteiger partial charge in [-0.2, -0.15) is 0 Å². The molecule has 0 amide bonds. The quantitative estimate of drug-likeness (QED) is 0.706. The maximum atomic E-state index is 5.65. The van der Waals surface area contributed by atoms with Crippen molar-refractivity contribution in [1.82, 2.24) is 0 Å². The van der Waals surface area contributed by atoms with Gasteiger partial charge in [0.2, 0.25) is 0 Å². The number of halogens is 1. The van der Waals surface area contributed by atoms with Crippen LogP contribution in [0.4, 0.5) is 0 Å². The Hall–Kier alpha value is -0.580. The van der Waals surface area contributed by atoms with Crippen molar-refractivity contribution in [2.45, 2.75) is 12.8 Å². The fourth-order valence-electron chi connectivity index (χ4n) is 1.48. The molecule has 0 saturated carbocycles. The van der Waals surface area contributed by atoms with Gasteiger partial charge in [0.1, 0.15) is 5.75 Å². The summed E-state index contributed by atoms with van der Waals surface area (Å²) in [5.74, 6) is 0.933. The first-order valence-electron chi connectivity index (χ1n) is 6.02. The Labute approximate surface area is 112 Å². The van der Waals surface area contributed by atoms with Gasteiger partial charge in [-0.3, -0.25) is 0 Å². The fraction of sp³-hybridized carbons (Fsp3) is 0.538. The minimum atomic E-state index is 0.786. The Morgan fingerprint density at radius 3 is 2.82 bits per heavy atom. The van der Waals surface area contributed by atoms with E-state index in [-0.39, 0.29) is 0 Å². The van der Waals surface area contributed by atoms with E-state index in [4.69, 9.17) is 9.47 Å². The van der Waals surface area contributed by atoms with Crippen LogP contribution in [0.2, 0.25) is 0 Å². The predicted octanol–water partition coefficient (Wildman–Crippen LogP) is 1.82. The highest BCUT2D eigenvalue weighted by Crippen LogP contribution is 2.17. The number of quaternary nitrogens is 1. The van der Waals surface area contributed by atoms with Crippen LogP contribution in [0, 0.1) is 0 Å². The number of unbranched alkanes of at least 4 members (excludes halogenated alkanes) is 1. The molecular formula is C13H21BrNO2+. The molecule has 17 heavy (non-hydrogen) atoms. The van der Waals surface area contributed by atoms with Gasteiger partial charge >= 0.3 is 0 Å². The van der Waals surface area contributed by atoms with E-state index in [1.807, 2.05) is 24.3 Å². The molecule has 96 valence electrons. The molecule has 1 rings (SSSR count). The van der Waals surface area contributed by atoms with Crippen LogP contribution < -0.4 is 10.1 Å². The molecule has 0 atom stereocenters. The lowest BCUT2D eigenvalue weighted by Crippen LogP contribution is -2.85. The lowest BCUT2D eigenvalue weighted by Gasteiger charge is -2.06. The molecule has 3 nitrogen and oxygen atoms in total. The fourth-order valence-corrected chi connectivity index (χ4v) is 1.86. The zero-order valence-corrected chi connectivity index (χ0v) is 11.9. The summed E-state index contributed by atoms with van der Waals surface area (Å²) in [5, 5.41) is 2.28. The summed E-state index contributed by atoms with van der Waals surface area (Å²) in [6, 6.07) is 7.95. The number of benzene rings is 1. The van der Waals surface area contributed by atoms with Crippen molar-refractivity contribution in [1.29, 1.82) is 0 Å². The number of methoxy groups -OCH3 is 1. The van der Waals surface area contributed by atoms with E-state index < -0.39 is 0 Å². The molecule has 0 bridgehead atoms. The maximum absolute atomic E-state index is 5.65. The van der Waals surface area contributed by atoms with Crippen LogP contribution in [0.1, 0.15) is 12.8 Å². The first-order valence-corrected chi connectivity index (χ1v) is 6.81. The molecule has 2 N–H and O–H groups in total. The third-order valence-electron chi connectivity index (χ3n) is 2.39. The van der Waals surface area contributed by atoms with Crippen LogP contribution in [0.5, 0.6) is 5.75 Å². The second-order valence-corrected chi connectivity index (χ2v) is 4.79. The number of ether oxygens (including phenoxy) is 2. The summed E-state index contributed by atoms with van der Waals surface area (Å²) < 4.78 is 11.7. The summed E-state index contributed by atoms with van der Waals surface area (Å²) in [7, 11) is 1.74. The van der Waals surface area contributed by atoms with Gasteiger partial charge in [0.25, 0.3) is 0 Å². The topological polar surface area (TPSA) is 35.1 Å². The molecule has 0 heterocycles. The third-order valence-corrected chi connectivity index (χ3v) is 2.89. The van der Waals surface area contributed by atoms with Crippen molar-refractivity contribution in [2.75, 3.05) is 33.4 Å². The van der Waals surface area contributed by atoms with Gasteiger partial charge < -0.3 is 14.8 Å². The van der Waals surface area contributed by atoms with Crippen LogP contribution in [0.3, 0.4) is 0 Å². The minimum Gasteiger partial charge on any atom is -0.494 e. The molecule has 0 aliphatic rings. The van der Waals surface area contributed by atoms with E-state index in [0.29, 0.717) is 0 Å². The Bertz CT molecular complexity index is 307. The van der Waals surface area contributed by atoms with Crippen molar-refractivity contribution in [3.05, 3.63) is 28.7 Å². The monoisotopic (exact) mass is 302 g/mol. The second-order valence-electron chi connectivity index (χ2n) is 3.87. The number of hydrogen-bond donors (Lipinski definition) is 1. The van der Waals surface area contributed by atoms with E-state index in [1.165, 1.54) is 6.42 Å². The normalized spacial score (nSPS) is 10.5. The minimum absolute atomic E-state index is 0.786. The smallest absolute Gasteiger partial charge is 0.120 e. The second kappa shape index (κ2) is 9.45. The predicted molar refractivity (Wildman–Crippen MR) is 72.4 cm³/mol. The molecule has 0 fully saturated rings. The van der Waals surface area contributed by atoms with Gasteiger partial charge in [-0.1, -0.05) is 22.0 Å². The molecule has 0 radical (unpaired) electrons. The molecule has 0 aromatic heterocycles. The zero-order chi connectivity index (χ0) is 12.3. The summed E-state index contributed by atoms with van der Waals surface area (Å²) in [5.41, 5.74) is 0. The van der Waals surface area contributed by atoms with Crippen molar-refractivity contribution in [2.24, 2.45) is 0 Å². The SMILES string of the molecule is COCC[NH2+]CCCCOc1cccc(Br)c1. The molecule has 4 heteroatoms. The molecule has 1 aromatic rings. The van der Waals surface area contributed by atoms with Gasteiger partial charge in [0, 0.05) is 11.6 Å². The van der Waals surface area contributed by atoms with Crippen molar-refractivity contribution in [3.8, 4) is 5.75 Å². The highest BCUT2D eigenvalue weighted by Gasteiger charge is 1.96. The maximum Gasteiger partial charge on any atom is 0.120 e. The van der Waals surface area contributed by atoms with Crippen LogP contribution in [0.15, 0.2) is 28.7 Å². The molecule has 0 saturated heterocycles. The summed E-state index contributed by atoms with van der Waals surface area (Å²) >= 11 is 3.42. The van der Waals surface area contributed by atoms with E-state index in [1.54, 1.807) is 7.11 Å². The van der Waals surface area contributed by atoms with Gasteiger partial charge in [0.05, 0.1) is 26.3 Å². The van der Waals surface area contributed by atoms with Crippen LogP contribution in [-0.4, -0.2) is 33.4 Å². The lowest BCUT2D eigenvalue weighted by molar-refractivity contribution is -0.656. The first kappa shape index (κ1) is 14.5. The van der Waals surface area contributed by atoms with Gasteiger partial charge in [-0.05, 0) is 31.0 Å². The van der Waals surface area contributed by atoms with E-state index >= 15 is 0 Å². The largest absolute Gasteiger partial charge is 0.494 e. The number of rotatable bonds is 9. The molecule has 0 unspecified atom stereocenters. The van der Waals surface area contributed by atoms with Gasteiger partial charge in [0.15, 0.2) is 0 Å². The highest BCUT2D eigenvalue weighted by atomic mass is 79.9. The molecule has 0 spiro atoms. The Morgan fingerprint density at radius 1 is 1.18 bits per heavy atom. The summed E-state index contributed by atoms with van der Waals surface area (Å²) in [6.45, 7) is 3.80. The summed E-state index contributed by atoms with van der Waals surface area (Å²) in [6.07, 6.45) is 2.27. The van der Waals surface area contributed by atoms with Crippen molar-refractivity contribution >= 4 is 15.9 Å². The van der Waals surface area contributed by atoms with Crippen molar-refractivity contribution in [3.63, 3.8) is 0 Å². The Morgan fingerprint density at radius 2 is 2.06 bits per heavy atom. The first-order chi connectivity index (χ1) is 8.33.